The fraction of sp³-hybridized carbons (Fsp3) is 0.250. The molecule has 0 saturated carbocycles. The van der Waals surface area contributed by atoms with E-state index < -0.39 is 5.97 Å². The molecule has 1 heterocycles. The van der Waals surface area contributed by atoms with Crippen molar-refractivity contribution in [2.45, 2.75) is 19.8 Å². The van der Waals surface area contributed by atoms with Gasteiger partial charge in [-0.25, -0.2) is 4.79 Å². The van der Waals surface area contributed by atoms with Crippen LogP contribution in [-0.4, -0.2) is 25.8 Å². The number of hydrogen-bond donors (Lipinski definition) is 1. The first-order valence-corrected chi connectivity index (χ1v) is 5.81. The molecule has 1 aromatic heterocycles. The van der Waals surface area contributed by atoms with E-state index >= 15 is 0 Å². The zero-order valence-corrected chi connectivity index (χ0v) is 10.7. The fourth-order valence-corrected chi connectivity index (χ4v) is 1.92. The lowest BCUT2D eigenvalue weighted by Crippen LogP contribution is -2.04. The molecule has 0 bridgehead atoms. The predicted molar refractivity (Wildman–Crippen MR) is 67.4 cm³/mol. The van der Waals surface area contributed by atoms with Crippen molar-refractivity contribution >= 4 is 17.6 Å². The molecule has 2 rings (SSSR count). The van der Waals surface area contributed by atoms with Crippen LogP contribution in [0.1, 0.15) is 35.9 Å². The number of rotatable bonds is 3. The minimum absolute atomic E-state index is 0.0830. The molecule has 18 heavy (non-hydrogen) atoms. The van der Waals surface area contributed by atoms with Gasteiger partial charge < -0.3 is 5.11 Å². The Kier molecular flexibility index (Phi) is 3.34. The summed E-state index contributed by atoms with van der Waals surface area (Å²) in [6.45, 7) is 4.02. The van der Waals surface area contributed by atoms with E-state index in [0.717, 1.165) is 11.5 Å². The largest absolute Gasteiger partial charge is 0.478 e. The third-order valence-electron chi connectivity index (χ3n) is 2.55. The summed E-state index contributed by atoms with van der Waals surface area (Å²) >= 11 is 5.94. The van der Waals surface area contributed by atoms with Crippen molar-refractivity contribution < 1.29 is 9.90 Å². The average molecular weight is 266 g/mol. The highest BCUT2D eigenvalue weighted by molar-refractivity contribution is 6.33. The minimum Gasteiger partial charge on any atom is -0.478 e. The number of carboxylic acid groups (broad SMARTS) is 1. The van der Waals surface area contributed by atoms with E-state index in [4.69, 9.17) is 16.7 Å². The summed E-state index contributed by atoms with van der Waals surface area (Å²) in [6.07, 6.45) is 1.58. The molecular weight excluding hydrogens is 254 g/mol. The van der Waals surface area contributed by atoms with Crippen molar-refractivity contribution in [3.05, 3.63) is 40.9 Å². The van der Waals surface area contributed by atoms with Crippen LogP contribution in [0.25, 0.3) is 5.69 Å². The molecule has 5 nitrogen and oxygen atoms in total. The summed E-state index contributed by atoms with van der Waals surface area (Å²) in [6, 6.07) is 4.76. The van der Waals surface area contributed by atoms with E-state index in [0.29, 0.717) is 0 Å². The van der Waals surface area contributed by atoms with E-state index in [1.54, 1.807) is 23.0 Å². The molecule has 0 aliphatic carbocycles. The first-order chi connectivity index (χ1) is 8.50. The number of carbonyl (C=O) groups is 1. The van der Waals surface area contributed by atoms with E-state index in [1.807, 2.05) is 13.8 Å². The molecular formula is C12H12ClN3O2. The van der Waals surface area contributed by atoms with Gasteiger partial charge in [-0.2, -0.15) is 0 Å². The SMILES string of the molecule is CC(C)c1nncn1-c1ccc(C(=O)O)c(Cl)c1. The van der Waals surface area contributed by atoms with Gasteiger partial charge in [0.05, 0.1) is 10.6 Å². The first-order valence-electron chi connectivity index (χ1n) is 5.44. The molecule has 1 aromatic carbocycles. The van der Waals surface area contributed by atoms with Crippen molar-refractivity contribution in [3.8, 4) is 5.69 Å². The molecule has 2 aromatic rings. The Bertz CT molecular complexity index is 593. The van der Waals surface area contributed by atoms with Crippen LogP contribution in [0.2, 0.25) is 5.02 Å². The standard InChI is InChI=1S/C12H12ClN3O2/c1-7(2)11-15-14-6-16(11)8-3-4-9(12(17)18)10(13)5-8/h3-7H,1-2H3,(H,17,18). The molecule has 0 aliphatic rings. The normalized spacial score (nSPS) is 10.9. The Hall–Kier alpha value is -1.88. The number of aromatic nitrogens is 3. The number of nitrogens with zero attached hydrogens (tertiary/aromatic N) is 3. The average Bonchev–Trinajstić information content (AvgIpc) is 2.77. The number of benzene rings is 1. The third-order valence-corrected chi connectivity index (χ3v) is 2.86. The van der Waals surface area contributed by atoms with Crippen LogP contribution in [-0.2, 0) is 0 Å². The highest BCUT2D eigenvalue weighted by Crippen LogP contribution is 2.22. The second-order valence-corrected chi connectivity index (χ2v) is 4.59. The molecule has 0 radical (unpaired) electrons. The smallest absolute Gasteiger partial charge is 0.337 e. The molecule has 0 atom stereocenters. The lowest BCUT2D eigenvalue weighted by atomic mass is 10.1. The van der Waals surface area contributed by atoms with Crippen LogP contribution < -0.4 is 0 Å². The third kappa shape index (κ3) is 2.22. The number of hydrogen-bond acceptors (Lipinski definition) is 3. The predicted octanol–water partition coefficient (Wildman–Crippen LogP) is 2.74. The second-order valence-electron chi connectivity index (χ2n) is 4.18. The van der Waals surface area contributed by atoms with E-state index in [2.05, 4.69) is 10.2 Å². The van der Waals surface area contributed by atoms with E-state index in [9.17, 15) is 4.79 Å². The number of carboxylic acids is 1. The Morgan fingerprint density at radius 1 is 1.44 bits per heavy atom. The quantitative estimate of drug-likeness (QED) is 0.926. The van der Waals surface area contributed by atoms with Gasteiger partial charge in [-0.3, -0.25) is 4.57 Å². The van der Waals surface area contributed by atoms with Crippen LogP contribution in [0.4, 0.5) is 0 Å². The Morgan fingerprint density at radius 2 is 2.17 bits per heavy atom. The Labute approximate surface area is 109 Å². The highest BCUT2D eigenvalue weighted by Gasteiger charge is 2.13. The van der Waals surface area contributed by atoms with Crippen molar-refractivity contribution in [2.24, 2.45) is 0 Å². The Balaban J connectivity index is 2.49. The van der Waals surface area contributed by atoms with Gasteiger partial charge in [0.2, 0.25) is 0 Å². The molecule has 6 heteroatoms. The highest BCUT2D eigenvalue weighted by atomic mass is 35.5. The van der Waals surface area contributed by atoms with E-state index in [1.165, 1.54) is 6.07 Å². The molecule has 0 amide bonds. The van der Waals surface area contributed by atoms with Crippen molar-refractivity contribution in [3.63, 3.8) is 0 Å². The molecule has 94 valence electrons. The summed E-state index contributed by atoms with van der Waals surface area (Å²) in [5.74, 6) is -0.0287. The van der Waals surface area contributed by atoms with E-state index in [-0.39, 0.29) is 16.5 Å². The topological polar surface area (TPSA) is 68.0 Å². The summed E-state index contributed by atoms with van der Waals surface area (Å²) in [5, 5.41) is 17.0. The van der Waals surface area contributed by atoms with Crippen molar-refractivity contribution in [1.29, 1.82) is 0 Å². The van der Waals surface area contributed by atoms with Crippen LogP contribution in [0.3, 0.4) is 0 Å². The van der Waals surface area contributed by atoms with Crippen LogP contribution in [0, 0.1) is 0 Å². The van der Waals surface area contributed by atoms with Gasteiger partial charge in [-0.15, -0.1) is 10.2 Å². The van der Waals surface area contributed by atoms with Gasteiger partial charge >= 0.3 is 5.97 Å². The molecule has 0 unspecified atom stereocenters. The summed E-state index contributed by atoms with van der Waals surface area (Å²) in [7, 11) is 0. The molecule has 0 spiro atoms. The van der Waals surface area contributed by atoms with Gasteiger partial charge in [0, 0.05) is 11.6 Å². The monoisotopic (exact) mass is 265 g/mol. The van der Waals surface area contributed by atoms with Gasteiger partial charge in [0.15, 0.2) is 0 Å². The van der Waals surface area contributed by atoms with Crippen molar-refractivity contribution in [2.75, 3.05) is 0 Å². The molecule has 0 saturated heterocycles. The van der Waals surface area contributed by atoms with Crippen molar-refractivity contribution in [1.82, 2.24) is 14.8 Å². The summed E-state index contributed by atoms with van der Waals surface area (Å²) in [5.41, 5.74) is 0.832. The summed E-state index contributed by atoms with van der Waals surface area (Å²) < 4.78 is 1.79. The molecule has 0 aliphatic heterocycles. The Morgan fingerprint density at radius 3 is 2.72 bits per heavy atom. The maximum atomic E-state index is 10.9. The zero-order chi connectivity index (χ0) is 13.3. The van der Waals surface area contributed by atoms with Gasteiger partial charge in [0.25, 0.3) is 0 Å². The lowest BCUT2D eigenvalue weighted by Gasteiger charge is -2.10. The lowest BCUT2D eigenvalue weighted by molar-refractivity contribution is 0.0697. The summed E-state index contributed by atoms with van der Waals surface area (Å²) in [4.78, 5) is 10.9. The van der Waals surface area contributed by atoms with Crippen LogP contribution >= 0.6 is 11.6 Å². The minimum atomic E-state index is -1.04. The maximum Gasteiger partial charge on any atom is 0.337 e. The van der Waals surface area contributed by atoms with Gasteiger partial charge in [-0.05, 0) is 18.2 Å². The second kappa shape index (κ2) is 4.78. The number of aromatic carboxylic acids is 1. The van der Waals surface area contributed by atoms with Gasteiger partial charge in [-0.1, -0.05) is 25.4 Å². The molecule has 1 N–H and O–H groups in total. The number of halogens is 1. The fourth-order valence-electron chi connectivity index (χ4n) is 1.66. The van der Waals surface area contributed by atoms with Crippen LogP contribution in [0.15, 0.2) is 24.5 Å². The first kappa shape index (κ1) is 12.6. The molecule has 0 fully saturated rings. The van der Waals surface area contributed by atoms with Gasteiger partial charge in [0.1, 0.15) is 12.2 Å². The zero-order valence-electron chi connectivity index (χ0n) is 9.96. The maximum absolute atomic E-state index is 10.9. The van der Waals surface area contributed by atoms with Crippen LogP contribution in [0.5, 0.6) is 0 Å².